The number of aromatic nitrogens is 2. The number of hydrogen-bond acceptors (Lipinski definition) is 6. The van der Waals surface area contributed by atoms with Gasteiger partial charge in [-0.2, -0.15) is 5.10 Å². The lowest BCUT2D eigenvalue weighted by Gasteiger charge is -2.28. The van der Waals surface area contributed by atoms with Gasteiger partial charge in [-0.05, 0) is 45.1 Å². The molecule has 3 amide bonds. The first-order valence-electron chi connectivity index (χ1n) is 9.82. The molecule has 2 saturated heterocycles. The van der Waals surface area contributed by atoms with E-state index < -0.39 is 0 Å². The highest BCUT2D eigenvalue weighted by atomic mass is 32.1. The summed E-state index contributed by atoms with van der Waals surface area (Å²) < 4.78 is 0. The number of nitrogens with zero attached hydrogens (tertiary/aromatic N) is 4. The number of hydrogen-bond donors (Lipinski definition) is 2. The molecule has 0 saturated carbocycles. The number of fused-ring (bicyclic) bond motifs is 1. The highest BCUT2D eigenvalue weighted by molar-refractivity contribution is 7.21. The summed E-state index contributed by atoms with van der Waals surface area (Å²) in [5.74, 6) is -0.0905. The monoisotopic (exact) mass is 402 g/mol. The molecule has 0 bridgehead atoms. The Balaban J connectivity index is 1.45. The Morgan fingerprint density at radius 1 is 1.11 bits per heavy atom. The van der Waals surface area contributed by atoms with Crippen molar-refractivity contribution in [3.05, 3.63) is 16.1 Å². The lowest BCUT2D eigenvalue weighted by atomic mass is 10.1. The van der Waals surface area contributed by atoms with Gasteiger partial charge in [0.2, 0.25) is 0 Å². The summed E-state index contributed by atoms with van der Waals surface area (Å²) in [5.41, 5.74) is 8.58. The first-order chi connectivity index (χ1) is 13.5. The van der Waals surface area contributed by atoms with Gasteiger partial charge in [-0.25, -0.2) is 4.79 Å². The van der Waals surface area contributed by atoms with Gasteiger partial charge in [0.15, 0.2) is 0 Å². The van der Waals surface area contributed by atoms with Gasteiger partial charge in [0.25, 0.3) is 5.91 Å². The Morgan fingerprint density at radius 2 is 1.86 bits per heavy atom. The number of nitrogens with two attached hydrogens (primary N) is 1. The minimum Gasteiger partial charge on any atom is -0.397 e. The normalized spacial score (nSPS) is 20.0. The fourth-order valence-corrected chi connectivity index (χ4v) is 5.04. The minimum atomic E-state index is -0.0905. The van der Waals surface area contributed by atoms with Crippen LogP contribution in [0.25, 0.3) is 10.2 Å². The average Bonchev–Trinajstić information content (AvgIpc) is 3.30. The molecule has 9 heteroatoms. The summed E-state index contributed by atoms with van der Waals surface area (Å²) in [6.07, 6.45) is 4.08. The van der Waals surface area contributed by atoms with Gasteiger partial charge < -0.3 is 20.9 Å². The minimum absolute atomic E-state index is 0.0123. The zero-order valence-electron chi connectivity index (χ0n) is 16.3. The number of thiophene rings is 1. The topological polar surface area (TPSA) is 104 Å². The zero-order chi connectivity index (χ0) is 19.8. The number of amides is 3. The van der Waals surface area contributed by atoms with Crippen LogP contribution >= 0.6 is 11.3 Å². The fourth-order valence-electron chi connectivity index (χ4n) is 3.97. The van der Waals surface area contributed by atoms with E-state index in [1.54, 1.807) is 4.90 Å². The predicted molar refractivity (Wildman–Crippen MR) is 110 cm³/mol. The summed E-state index contributed by atoms with van der Waals surface area (Å²) in [6, 6.07) is -0.0282. The molecule has 2 aliphatic rings. The Kier molecular flexibility index (Phi) is 5.09. The lowest BCUT2D eigenvalue weighted by Crippen LogP contribution is -2.47. The molecule has 1 unspecified atom stereocenters. The van der Waals surface area contributed by atoms with Gasteiger partial charge in [-0.15, -0.1) is 16.4 Å². The maximum absolute atomic E-state index is 13.1. The molecule has 2 aromatic rings. The van der Waals surface area contributed by atoms with Crippen molar-refractivity contribution in [2.75, 3.05) is 31.9 Å². The van der Waals surface area contributed by atoms with Crippen LogP contribution in [0.15, 0.2) is 0 Å². The summed E-state index contributed by atoms with van der Waals surface area (Å²) in [7, 11) is 0. The number of rotatable bonds is 2. The predicted octanol–water partition coefficient (Wildman–Crippen LogP) is 2.30. The van der Waals surface area contributed by atoms with Crippen LogP contribution < -0.4 is 11.1 Å². The third-order valence-corrected chi connectivity index (χ3v) is 6.85. The van der Waals surface area contributed by atoms with Crippen molar-refractivity contribution in [1.29, 1.82) is 0 Å². The summed E-state index contributed by atoms with van der Waals surface area (Å²) in [6.45, 7) is 6.59. The van der Waals surface area contributed by atoms with Crippen LogP contribution in [0, 0.1) is 13.8 Å². The number of nitrogen functional groups attached to an aromatic ring is 1. The largest absolute Gasteiger partial charge is 0.397 e. The van der Waals surface area contributed by atoms with E-state index in [1.807, 2.05) is 18.7 Å². The molecule has 0 radical (unpaired) electrons. The Bertz CT molecular complexity index is 921. The van der Waals surface area contributed by atoms with Crippen LogP contribution in [0.1, 0.15) is 46.6 Å². The SMILES string of the molecule is Cc1nnc2sc(C(=O)N3CCC(NC(=O)N4CCCCC4)C3)c(N)c2c1C. The van der Waals surface area contributed by atoms with Crippen LogP contribution in [0.2, 0.25) is 0 Å². The van der Waals surface area contributed by atoms with Crippen LogP contribution in [0.4, 0.5) is 10.5 Å². The number of likely N-dealkylation sites (tertiary alicyclic amines) is 2. The van der Waals surface area contributed by atoms with E-state index in [1.165, 1.54) is 17.8 Å². The molecule has 3 N–H and O–H groups in total. The van der Waals surface area contributed by atoms with Crippen LogP contribution in [0.3, 0.4) is 0 Å². The molecular formula is C19H26N6O2S. The van der Waals surface area contributed by atoms with Gasteiger partial charge in [0, 0.05) is 37.6 Å². The molecule has 0 spiro atoms. The molecular weight excluding hydrogens is 376 g/mol. The smallest absolute Gasteiger partial charge is 0.317 e. The molecule has 0 aromatic carbocycles. The lowest BCUT2D eigenvalue weighted by molar-refractivity contribution is 0.0794. The number of carbonyl (C=O) groups excluding carboxylic acids is 2. The van der Waals surface area contributed by atoms with E-state index in [0.29, 0.717) is 28.5 Å². The number of nitrogens with one attached hydrogen (secondary N) is 1. The molecule has 4 rings (SSSR count). The van der Waals surface area contributed by atoms with E-state index in [4.69, 9.17) is 5.73 Å². The van der Waals surface area contributed by atoms with Gasteiger partial charge in [0.1, 0.15) is 9.71 Å². The third-order valence-electron chi connectivity index (χ3n) is 5.78. The Morgan fingerprint density at radius 3 is 2.61 bits per heavy atom. The summed E-state index contributed by atoms with van der Waals surface area (Å²) in [4.78, 5) is 30.3. The van der Waals surface area contributed by atoms with Crippen molar-refractivity contribution in [1.82, 2.24) is 25.3 Å². The number of urea groups is 1. The van der Waals surface area contributed by atoms with E-state index in [2.05, 4.69) is 15.5 Å². The zero-order valence-corrected chi connectivity index (χ0v) is 17.1. The van der Waals surface area contributed by atoms with Crippen molar-refractivity contribution in [2.24, 2.45) is 0 Å². The molecule has 2 aliphatic heterocycles. The first kappa shape index (κ1) is 18.9. The molecule has 4 heterocycles. The van der Waals surface area contributed by atoms with E-state index in [9.17, 15) is 9.59 Å². The van der Waals surface area contributed by atoms with Gasteiger partial charge in [0.05, 0.1) is 11.4 Å². The van der Waals surface area contributed by atoms with Crippen LogP contribution in [-0.4, -0.2) is 64.2 Å². The highest BCUT2D eigenvalue weighted by Gasteiger charge is 2.31. The van der Waals surface area contributed by atoms with Crippen LogP contribution in [0.5, 0.6) is 0 Å². The highest BCUT2D eigenvalue weighted by Crippen LogP contribution is 2.36. The van der Waals surface area contributed by atoms with Gasteiger partial charge in [-0.3, -0.25) is 4.79 Å². The van der Waals surface area contributed by atoms with Crippen molar-refractivity contribution in [3.8, 4) is 0 Å². The molecule has 2 fully saturated rings. The van der Waals surface area contributed by atoms with Gasteiger partial charge in [-0.1, -0.05) is 0 Å². The average molecular weight is 403 g/mol. The number of anilines is 1. The number of carbonyl (C=O) groups is 2. The maximum atomic E-state index is 13.1. The summed E-state index contributed by atoms with van der Waals surface area (Å²) in [5, 5.41) is 12.2. The van der Waals surface area contributed by atoms with Crippen LogP contribution in [-0.2, 0) is 0 Å². The second kappa shape index (κ2) is 7.54. The second-order valence-electron chi connectivity index (χ2n) is 7.67. The number of aryl methyl sites for hydroxylation is 2. The molecule has 2 aromatic heterocycles. The number of piperidine rings is 1. The standard InChI is InChI=1S/C19H26N6O2S/c1-11-12(2)22-23-17-14(11)15(20)16(28-17)18(26)25-9-6-13(10-25)21-19(27)24-7-4-3-5-8-24/h13H,3-10,20H2,1-2H3,(H,21,27). The van der Waals surface area contributed by atoms with E-state index in [0.717, 1.165) is 49.0 Å². The molecule has 28 heavy (non-hydrogen) atoms. The molecule has 0 aliphatic carbocycles. The maximum Gasteiger partial charge on any atom is 0.317 e. The van der Waals surface area contributed by atoms with E-state index >= 15 is 0 Å². The molecule has 1 atom stereocenters. The van der Waals surface area contributed by atoms with Crippen molar-refractivity contribution >= 4 is 39.2 Å². The van der Waals surface area contributed by atoms with Gasteiger partial charge >= 0.3 is 6.03 Å². The van der Waals surface area contributed by atoms with E-state index in [-0.39, 0.29) is 18.0 Å². The van der Waals surface area contributed by atoms with Crippen molar-refractivity contribution in [2.45, 2.75) is 45.6 Å². The first-order valence-corrected chi connectivity index (χ1v) is 10.6. The second-order valence-corrected chi connectivity index (χ2v) is 8.67. The van der Waals surface area contributed by atoms with Crippen molar-refractivity contribution in [3.63, 3.8) is 0 Å². The summed E-state index contributed by atoms with van der Waals surface area (Å²) >= 11 is 1.29. The third kappa shape index (κ3) is 3.39. The quantitative estimate of drug-likeness (QED) is 0.802. The van der Waals surface area contributed by atoms with Crippen molar-refractivity contribution < 1.29 is 9.59 Å². The molecule has 8 nitrogen and oxygen atoms in total. The Labute approximate surface area is 168 Å². The fraction of sp³-hybridized carbons (Fsp3) is 0.579. The molecule has 150 valence electrons. The Hall–Kier alpha value is -2.42.